The molecular formula is C52H33NOS. The van der Waals surface area contributed by atoms with Gasteiger partial charge in [0.1, 0.15) is 11.2 Å². The molecule has 258 valence electrons. The molecular weight excluding hydrogens is 687 g/mol. The number of fused-ring (bicyclic) bond motifs is 8. The van der Waals surface area contributed by atoms with Gasteiger partial charge in [-0.2, -0.15) is 0 Å². The van der Waals surface area contributed by atoms with Gasteiger partial charge in [0.05, 0.1) is 11.1 Å². The number of hydrogen-bond donors (Lipinski definition) is 0. The van der Waals surface area contributed by atoms with Crippen LogP contribution in [-0.4, -0.2) is 0 Å². The predicted octanol–water partition coefficient (Wildman–Crippen LogP) is 15.6. The van der Waals surface area contributed by atoms with Crippen LogP contribution in [0.25, 0.3) is 86.3 Å². The maximum absolute atomic E-state index is 6.84. The number of hydrogen-bond acceptors (Lipinski definition) is 3. The summed E-state index contributed by atoms with van der Waals surface area (Å²) in [6, 6.07) is 72.0. The smallest absolute Gasteiger partial charge is 0.137 e. The molecule has 0 aliphatic rings. The topological polar surface area (TPSA) is 16.4 Å². The molecule has 0 unspecified atom stereocenters. The second-order valence-corrected chi connectivity index (χ2v) is 15.1. The van der Waals surface area contributed by atoms with E-state index in [4.69, 9.17) is 4.42 Å². The molecule has 0 spiro atoms. The molecule has 0 bridgehead atoms. The Morgan fingerprint density at radius 1 is 0.345 bits per heavy atom. The minimum Gasteiger partial charge on any atom is -0.456 e. The van der Waals surface area contributed by atoms with E-state index in [1.807, 2.05) is 11.3 Å². The zero-order valence-corrected chi connectivity index (χ0v) is 30.6. The fourth-order valence-electron chi connectivity index (χ4n) is 8.27. The summed E-state index contributed by atoms with van der Waals surface area (Å²) in [4.78, 5) is 2.40. The second-order valence-electron chi connectivity index (χ2n) is 14.1. The van der Waals surface area contributed by atoms with E-state index < -0.39 is 0 Å². The lowest BCUT2D eigenvalue weighted by atomic mass is 9.93. The van der Waals surface area contributed by atoms with Crippen LogP contribution in [0, 0.1) is 0 Å². The van der Waals surface area contributed by atoms with Gasteiger partial charge in [0.2, 0.25) is 0 Å². The Morgan fingerprint density at radius 3 is 1.64 bits per heavy atom. The normalized spacial score (nSPS) is 11.6. The lowest BCUT2D eigenvalue weighted by Gasteiger charge is -2.26. The number of thiophene rings is 1. The van der Waals surface area contributed by atoms with Crippen molar-refractivity contribution >= 4 is 81.3 Å². The Morgan fingerprint density at radius 2 is 0.909 bits per heavy atom. The van der Waals surface area contributed by atoms with Crippen LogP contribution in [0.3, 0.4) is 0 Å². The molecule has 11 aromatic rings. The van der Waals surface area contributed by atoms with Crippen LogP contribution < -0.4 is 4.90 Å². The standard InChI is InChI=1S/C52H33NOS/c1-3-12-34(13-4-1)36-22-24-38(25-23-36)45-33-48-51(44-18-8-7-16-41(44)45)52-46(19-11-20-47(52)54-48)53(39-28-26-37(27-29-39)35-14-5-2-6-15-35)40-30-31-43-42-17-9-10-21-49(42)55-50(43)32-40/h1-33H. The molecule has 0 N–H and O–H groups in total. The quantitative estimate of drug-likeness (QED) is 0.170. The maximum Gasteiger partial charge on any atom is 0.137 e. The first-order valence-corrected chi connectivity index (χ1v) is 19.5. The monoisotopic (exact) mass is 719 g/mol. The Balaban J connectivity index is 1.12. The Labute approximate surface area is 322 Å². The van der Waals surface area contributed by atoms with Crippen molar-refractivity contribution in [3.8, 4) is 33.4 Å². The molecule has 0 aliphatic heterocycles. The van der Waals surface area contributed by atoms with Gasteiger partial charge in [-0.15, -0.1) is 11.3 Å². The van der Waals surface area contributed by atoms with Crippen LogP contribution in [0.15, 0.2) is 205 Å². The van der Waals surface area contributed by atoms with Crippen molar-refractivity contribution in [2.24, 2.45) is 0 Å². The molecule has 0 radical (unpaired) electrons. The van der Waals surface area contributed by atoms with E-state index >= 15 is 0 Å². The fourth-order valence-corrected chi connectivity index (χ4v) is 9.41. The summed E-state index contributed by atoms with van der Waals surface area (Å²) in [5.41, 5.74) is 12.1. The van der Waals surface area contributed by atoms with Crippen LogP contribution in [0.5, 0.6) is 0 Å². The molecule has 0 saturated heterocycles. The Bertz CT molecular complexity index is 3180. The first-order valence-electron chi connectivity index (χ1n) is 18.7. The highest BCUT2D eigenvalue weighted by molar-refractivity contribution is 7.25. The lowest BCUT2D eigenvalue weighted by molar-refractivity contribution is 0.669. The third-order valence-electron chi connectivity index (χ3n) is 10.9. The lowest BCUT2D eigenvalue weighted by Crippen LogP contribution is -2.10. The summed E-state index contributed by atoms with van der Waals surface area (Å²) in [6.07, 6.45) is 0. The molecule has 9 aromatic carbocycles. The third-order valence-corrected chi connectivity index (χ3v) is 12.0. The number of furan rings is 1. The van der Waals surface area contributed by atoms with Crippen LogP contribution in [0.2, 0.25) is 0 Å². The predicted molar refractivity (Wildman–Crippen MR) is 235 cm³/mol. The molecule has 0 atom stereocenters. The highest BCUT2D eigenvalue weighted by Crippen LogP contribution is 2.48. The number of rotatable bonds is 6. The molecule has 2 heterocycles. The largest absolute Gasteiger partial charge is 0.456 e. The number of benzene rings is 9. The van der Waals surface area contributed by atoms with Crippen LogP contribution in [0.4, 0.5) is 17.1 Å². The molecule has 11 rings (SSSR count). The Kier molecular flexibility index (Phi) is 7.39. The minimum atomic E-state index is 0.864. The molecule has 55 heavy (non-hydrogen) atoms. The average molecular weight is 720 g/mol. The maximum atomic E-state index is 6.84. The zero-order chi connectivity index (χ0) is 36.3. The van der Waals surface area contributed by atoms with Gasteiger partial charge in [0, 0.05) is 36.9 Å². The first kappa shape index (κ1) is 31.6. The Hall–Kier alpha value is -6.94. The van der Waals surface area contributed by atoms with Crippen molar-refractivity contribution in [1.82, 2.24) is 0 Å². The summed E-state index contributed by atoms with van der Waals surface area (Å²) < 4.78 is 9.41. The number of nitrogens with zero attached hydrogens (tertiary/aromatic N) is 1. The SMILES string of the molecule is c1ccc(-c2ccc(-c3cc4oc5cccc(N(c6ccc(-c7ccccc7)cc6)c6ccc7c(c6)sc6ccccc67)c5c4c4ccccc34)cc2)cc1. The highest BCUT2D eigenvalue weighted by atomic mass is 32.1. The summed E-state index contributed by atoms with van der Waals surface area (Å²) >= 11 is 1.85. The van der Waals surface area contributed by atoms with E-state index in [9.17, 15) is 0 Å². The molecule has 3 heteroatoms. The van der Waals surface area contributed by atoms with Crippen LogP contribution in [-0.2, 0) is 0 Å². The van der Waals surface area contributed by atoms with E-state index in [0.717, 1.165) is 50.1 Å². The van der Waals surface area contributed by atoms with Gasteiger partial charge in [0.15, 0.2) is 0 Å². The molecule has 0 aliphatic carbocycles. The van der Waals surface area contributed by atoms with Crippen molar-refractivity contribution in [2.75, 3.05) is 4.90 Å². The van der Waals surface area contributed by atoms with Crippen molar-refractivity contribution in [3.63, 3.8) is 0 Å². The molecule has 2 aromatic heterocycles. The van der Waals surface area contributed by atoms with Gasteiger partial charge in [-0.25, -0.2) is 0 Å². The van der Waals surface area contributed by atoms with E-state index in [2.05, 4.69) is 205 Å². The second kappa shape index (κ2) is 12.9. The van der Waals surface area contributed by atoms with E-state index in [1.165, 1.54) is 53.2 Å². The third kappa shape index (κ3) is 5.32. The fraction of sp³-hybridized carbons (Fsp3) is 0. The molecule has 2 nitrogen and oxygen atoms in total. The van der Waals surface area contributed by atoms with Crippen molar-refractivity contribution in [2.45, 2.75) is 0 Å². The van der Waals surface area contributed by atoms with E-state index in [1.54, 1.807) is 0 Å². The van der Waals surface area contributed by atoms with Crippen LogP contribution >= 0.6 is 11.3 Å². The average Bonchev–Trinajstić information content (AvgIpc) is 3.83. The van der Waals surface area contributed by atoms with Gasteiger partial charge in [-0.1, -0.05) is 152 Å². The van der Waals surface area contributed by atoms with Gasteiger partial charge >= 0.3 is 0 Å². The summed E-state index contributed by atoms with van der Waals surface area (Å²) in [5, 5.41) is 7.18. The van der Waals surface area contributed by atoms with Gasteiger partial charge < -0.3 is 9.32 Å². The minimum absolute atomic E-state index is 0.864. The van der Waals surface area contributed by atoms with Gasteiger partial charge in [-0.3, -0.25) is 0 Å². The van der Waals surface area contributed by atoms with Gasteiger partial charge in [-0.05, 0) is 92.7 Å². The molecule has 0 amide bonds. The molecule has 0 saturated carbocycles. The van der Waals surface area contributed by atoms with Crippen LogP contribution in [0.1, 0.15) is 0 Å². The zero-order valence-electron chi connectivity index (χ0n) is 29.8. The summed E-state index contributed by atoms with van der Waals surface area (Å²) in [6.45, 7) is 0. The van der Waals surface area contributed by atoms with Crippen molar-refractivity contribution in [1.29, 1.82) is 0 Å². The van der Waals surface area contributed by atoms with E-state index in [-0.39, 0.29) is 0 Å². The first-order chi connectivity index (χ1) is 27.3. The summed E-state index contributed by atoms with van der Waals surface area (Å²) in [7, 11) is 0. The number of anilines is 3. The highest BCUT2D eigenvalue weighted by Gasteiger charge is 2.23. The van der Waals surface area contributed by atoms with Crippen molar-refractivity contribution < 1.29 is 4.42 Å². The van der Waals surface area contributed by atoms with Crippen molar-refractivity contribution in [3.05, 3.63) is 200 Å². The molecule has 0 fully saturated rings. The summed E-state index contributed by atoms with van der Waals surface area (Å²) in [5.74, 6) is 0. The van der Waals surface area contributed by atoms with E-state index in [0.29, 0.717) is 0 Å². The van der Waals surface area contributed by atoms with Gasteiger partial charge in [0.25, 0.3) is 0 Å².